The number of ether oxygens (including phenoxy) is 1. The van der Waals surface area contributed by atoms with Gasteiger partial charge >= 0.3 is 5.97 Å². The van der Waals surface area contributed by atoms with Crippen LogP contribution in [0.15, 0.2) is 54.6 Å². The normalized spacial score (nSPS) is 18.7. The number of hydrogen-bond donors (Lipinski definition) is 3. The Morgan fingerprint density at radius 1 is 0.864 bits per heavy atom. The van der Waals surface area contributed by atoms with Crippen LogP contribution < -0.4 is 11.1 Å². The number of aliphatic carboxylic acids is 1. The Balaban J connectivity index is 1.48. The molecule has 1 aliphatic carbocycles. The van der Waals surface area contributed by atoms with E-state index in [1.807, 2.05) is 27.7 Å². The van der Waals surface area contributed by atoms with Gasteiger partial charge in [-0.25, -0.2) is 0 Å². The van der Waals surface area contributed by atoms with E-state index in [2.05, 4.69) is 5.32 Å². The molecule has 2 aromatic carbocycles. The van der Waals surface area contributed by atoms with E-state index < -0.39 is 71.4 Å². The van der Waals surface area contributed by atoms with Crippen molar-refractivity contribution in [3.05, 3.63) is 71.3 Å². The number of nitrogens with one attached hydrogen (secondary N) is 1. The van der Waals surface area contributed by atoms with Gasteiger partial charge in [0.05, 0.1) is 24.2 Å². The van der Waals surface area contributed by atoms with Gasteiger partial charge in [-0.3, -0.25) is 38.4 Å². The summed E-state index contributed by atoms with van der Waals surface area (Å²) in [5, 5.41) is 11.6. The Morgan fingerprint density at radius 3 is 2.07 bits per heavy atom. The first-order valence-electron chi connectivity index (χ1n) is 21.0. The van der Waals surface area contributed by atoms with Crippen LogP contribution in [0.2, 0.25) is 0 Å². The molecule has 3 amide bonds. The Morgan fingerprint density at radius 2 is 1.49 bits per heavy atom. The molecule has 1 unspecified atom stereocenters. The van der Waals surface area contributed by atoms with Gasteiger partial charge in [0, 0.05) is 56.9 Å². The summed E-state index contributed by atoms with van der Waals surface area (Å²) in [5.74, 6) is -6.36. The van der Waals surface area contributed by atoms with E-state index in [-0.39, 0.29) is 74.9 Å². The Hall–Kier alpha value is -5.04. The molecule has 5 atom stereocenters. The molecule has 0 spiro atoms. The van der Waals surface area contributed by atoms with Crippen LogP contribution in [0.1, 0.15) is 127 Å². The molecule has 2 aromatic rings. The van der Waals surface area contributed by atoms with Crippen LogP contribution in [-0.2, 0) is 55.9 Å². The monoisotopic (exact) mass is 815 g/mol. The fourth-order valence-corrected chi connectivity index (χ4v) is 8.46. The maximum absolute atomic E-state index is 14.7. The van der Waals surface area contributed by atoms with Gasteiger partial charge in [-0.05, 0) is 62.6 Å². The van der Waals surface area contributed by atoms with E-state index in [1.54, 1.807) is 59.5 Å². The number of amides is 3. The van der Waals surface area contributed by atoms with Gasteiger partial charge < -0.3 is 25.8 Å². The average Bonchev–Trinajstić information content (AvgIpc) is 3.61. The van der Waals surface area contributed by atoms with Crippen LogP contribution in [0.25, 0.3) is 0 Å². The summed E-state index contributed by atoms with van der Waals surface area (Å²) >= 11 is 0. The molecule has 0 bridgehead atoms. The summed E-state index contributed by atoms with van der Waals surface area (Å²) in [7, 11) is 0. The highest BCUT2D eigenvalue weighted by molar-refractivity contribution is 6.38. The second-order valence-corrected chi connectivity index (χ2v) is 17.2. The molecular weight excluding hydrogens is 755 g/mol. The zero-order valence-corrected chi connectivity index (χ0v) is 34.9. The van der Waals surface area contributed by atoms with Crippen molar-refractivity contribution in [2.24, 2.45) is 23.5 Å². The van der Waals surface area contributed by atoms with E-state index in [0.29, 0.717) is 17.5 Å². The van der Waals surface area contributed by atoms with E-state index in [1.165, 1.54) is 0 Å². The number of carboxylic acid groups (broad SMARTS) is 1. The van der Waals surface area contributed by atoms with Crippen molar-refractivity contribution in [2.75, 3.05) is 6.54 Å². The number of rotatable bonds is 22. The van der Waals surface area contributed by atoms with Crippen molar-refractivity contribution in [3.63, 3.8) is 0 Å². The lowest BCUT2D eigenvalue weighted by Crippen LogP contribution is -2.47. The number of carbonyl (C=O) groups excluding carboxylic acids is 7. The van der Waals surface area contributed by atoms with Crippen LogP contribution in [0, 0.1) is 17.8 Å². The van der Waals surface area contributed by atoms with E-state index >= 15 is 0 Å². The van der Waals surface area contributed by atoms with Gasteiger partial charge in [0.1, 0.15) is 11.8 Å². The largest absolute Gasteiger partial charge is 0.481 e. The number of nitrogens with two attached hydrogens (primary N) is 1. The SMILES string of the molecule is CCCC(CC(=O)[C@@H]1C[C@@H](OC(C)(C)C)CN1C(=O)[C@@H](CC(=O)Cc1ccc(CC(=O)O)cc1)C1CCCCC1)C(=O)C(=O)CCC(=O)N[C@H](C(N)=O)c1ccccc1. The average molecular weight is 816 g/mol. The second kappa shape index (κ2) is 21.8. The molecule has 4 N–H and O–H groups in total. The molecule has 4 rings (SSSR count). The van der Waals surface area contributed by atoms with Crippen molar-refractivity contribution < 1.29 is 48.2 Å². The molecule has 320 valence electrons. The van der Waals surface area contributed by atoms with Crippen molar-refractivity contribution in [3.8, 4) is 0 Å². The van der Waals surface area contributed by atoms with Crippen LogP contribution in [-0.4, -0.2) is 81.1 Å². The third kappa shape index (κ3) is 14.3. The van der Waals surface area contributed by atoms with Gasteiger partial charge in [-0.15, -0.1) is 0 Å². The van der Waals surface area contributed by atoms with E-state index in [4.69, 9.17) is 15.6 Å². The summed E-state index contributed by atoms with van der Waals surface area (Å²) in [4.78, 5) is 107. The molecule has 1 aliphatic heterocycles. The minimum Gasteiger partial charge on any atom is -0.481 e. The van der Waals surface area contributed by atoms with Crippen LogP contribution in [0.5, 0.6) is 0 Å². The van der Waals surface area contributed by atoms with Gasteiger partial charge in [-0.1, -0.05) is 87.2 Å². The molecule has 13 heteroatoms. The molecule has 1 saturated carbocycles. The Labute approximate surface area is 347 Å². The second-order valence-electron chi connectivity index (χ2n) is 17.2. The maximum Gasteiger partial charge on any atom is 0.307 e. The molecule has 1 heterocycles. The molecular formula is C46H61N3O10. The number of hydrogen-bond acceptors (Lipinski definition) is 9. The highest BCUT2D eigenvalue weighted by atomic mass is 16.5. The van der Waals surface area contributed by atoms with Crippen molar-refractivity contribution in [1.29, 1.82) is 0 Å². The maximum atomic E-state index is 14.7. The molecule has 0 aromatic heterocycles. The zero-order chi connectivity index (χ0) is 43.3. The topological polar surface area (TPSA) is 207 Å². The quantitative estimate of drug-likeness (QED) is 0.128. The van der Waals surface area contributed by atoms with Crippen molar-refractivity contribution in [2.45, 2.75) is 141 Å². The number of Topliss-reactive ketones (excluding diaryl/α,β-unsaturated/α-hetero) is 4. The number of likely N-dealkylation sites (tertiary alicyclic amines) is 1. The van der Waals surface area contributed by atoms with E-state index in [9.17, 15) is 38.4 Å². The lowest BCUT2D eigenvalue weighted by atomic mass is 9.76. The summed E-state index contributed by atoms with van der Waals surface area (Å²) in [5.41, 5.74) is 6.75. The van der Waals surface area contributed by atoms with Gasteiger partial charge in [0.2, 0.25) is 23.5 Å². The summed E-state index contributed by atoms with van der Waals surface area (Å²) in [6, 6.07) is 13.2. The fraction of sp³-hybridized carbons (Fsp3) is 0.565. The highest BCUT2D eigenvalue weighted by Gasteiger charge is 2.45. The minimum absolute atomic E-state index is 0.00680. The van der Waals surface area contributed by atoms with Gasteiger partial charge in [-0.2, -0.15) is 0 Å². The molecule has 1 saturated heterocycles. The van der Waals surface area contributed by atoms with E-state index in [0.717, 1.165) is 37.7 Å². The number of carbonyl (C=O) groups is 8. The van der Waals surface area contributed by atoms with Gasteiger partial charge in [0.15, 0.2) is 11.6 Å². The molecule has 59 heavy (non-hydrogen) atoms. The van der Waals surface area contributed by atoms with Crippen LogP contribution in [0.4, 0.5) is 0 Å². The van der Waals surface area contributed by atoms with Crippen molar-refractivity contribution >= 4 is 46.8 Å². The molecule has 13 nitrogen and oxygen atoms in total. The molecule has 0 radical (unpaired) electrons. The highest BCUT2D eigenvalue weighted by Crippen LogP contribution is 2.36. The summed E-state index contributed by atoms with van der Waals surface area (Å²) < 4.78 is 6.30. The van der Waals surface area contributed by atoms with Gasteiger partial charge in [0.25, 0.3) is 0 Å². The smallest absolute Gasteiger partial charge is 0.307 e. The zero-order valence-electron chi connectivity index (χ0n) is 34.9. The first-order chi connectivity index (χ1) is 27.9. The number of ketones is 4. The summed E-state index contributed by atoms with van der Waals surface area (Å²) in [6.07, 6.45) is 3.86. The molecule has 2 aliphatic rings. The van der Waals surface area contributed by atoms with Crippen LogP contribution >= 0.6 is 0 Å². The minimum atomic E-state index is -1.11. The Kier molecular flexibility index (Phi) is 17.2. The first-order valence-corrected chi connectivity index (χ1v) is 21.0. The predicted molar refractivity (Wildman–Crippen MR) is 220 cm³/mol. The van der Waals surface area contributed by atoms with Crippen molar-refractivity contribution in [1.82, 2.24) is 10.2 Å². The lowest BCUT2D eigenvalue weighted by molar-refractivity contribution is -0.146. The number of benzene rings is 2. The standard InChI is InChI=1S/C46H61N3O10/c1-5-12-33(43(56)38(51)21-22-40(53)48-42(44(47)57)32-15-10-7-11-16-32)25-39(52)37-27-35(59-46(2,3)4)28-49(37)45(58)36(31-13-8-6-9-14-31)26-34(50)23-29-17-19-30(20-18-29)24-41(54)55/h7,10-11,15-20,31,33,35-37,42H,5-6,8-9,12-14,21-28H2,1-4H3,(H2,47,57)(H,48,53)(H,54,55)/t33?,35-,36+,37+,42+/m1/s1. The predicted octanol–water partition coefficient (Wildman–Crippen LogP) is 5.43. The Bertz CT molecular complexity index is 1810. The number of nitrogens with zero attached hydrogens (tertiary/aromatic N) is 1. The first kappa shape index (κ1) is 46.6. The summed E-state index contributed by atoms with van der Waals surface area (Å²) in [6.45, 7) is 7.66. The fourth-order valence-electron chi connectivity index (χ4n) is 8.46. The number of carboxylic acids is 1. The lowest BCUT2D eigenvalue weighted by Gasteiger charge is -2.34. The van der Waals surface area contributed by atoms with Crippen LogP contribution in [0.3, 0.4) is 0 Å². The molecule has 2 fully saturated rings. The third-order valence-electron chi connectivity index (χ3n) is 11.2. The number of primary amides is 1. The third-order valence-corrected chi connectivity index (χ3v) is 11.2.